The second kappa shape index (κ2) is 12.5. The molecule has 8 rings (SSSR count). The van der Waals surface area contributed by atoms with E-state index in [1.807, 2.05) is 37.7 Å². The van der Waals surface area contributed by atoms with Crippen LogP contribution in [-0.4, -0.2) is 67.4 Å². The van der Waals surface area contributed by atoms with Crippen LogP contribution in [0.15, 0.2) is 100 Å². The molecule has 234 valence electrons. The number of fused-ring (bicyclic) bond motifs is 2. The first-order valence-electron chi connectivity index (χ1n) is 16.2. The normalized spacial score (nSPS) is 18.0. The van der Waals surface area contributed by atoms with Gasteiger partial charge >= 0.3 is 0 Å². The van der Waals surface area contributed by atoms with E-state index >= 15 is 0 Å². The number of methoxy groups -OCH3 is 2. The summed E-state index contributed by atoms with van der Waals surface area (Å²) in [6.45, 7) is 5.55. The highest BCUT2D eigenvalue weighted by Crippen LogP contribution is 2.42. The monoisotopic (exact) mass is 613 g/mol. The summed E-state index contributed by atoms with van der Waals surface area (Å²) in [5.74, 6) is 1.71. The predicted octanol–water partition coefficient (Wildman–Crippen LogP) is 8.02. The summed E-state index contributed by atoms with van der Waals surface area (Å²) in [6, 6.07) is 27.9. The Bertz CT molecular complexity index is 1960. The zero-order valence-electron chi connectivity index (χ0n) is 26.4. The van der Waals surface area contributed by atoms with Crippen LogP contribution < -0.4 is 0 Å². The summed E-state index contributed by atoms with van der Waals surface area (Å²) >= 11 is 0. The van der Waals surface area contributed by atoms with Crippen molar-refractivity contribution in [2.45, 2.75) is 38.1 Å². The van der Waals surface area contributed by atoms with Gasteiger partial charge in [0.1, 0.15) is 22.7 Å². The molecule has 0 amide bonds. The largest absolute Gasteiger partial charge is 0.456 e. The van der Waals surface area contributed by atoms with Crippen LogP contribution >= 0.6 is 0 Å². The first-order chi connectivity index (χ1) is 22.6. The van der Waals surface area contributed by atoms with E-state index in [1.54, 1.807) is 7.11 Å². The van der Waals surface area contributed by atoms with Crippen LogP contribution in [0.25, 0.3) is 55.7 Å². The Balaban J connectivity index is 1.28. The maximum Gasteiger partial charge on any atom is 0.135 e. The molecule has 0 bridgehead atoms. The molecule has 7 heteroatoms. The molecule has 0 radical (unpaired) electrons. The van der Waals surface area contributed by atoms with Gasteiger partial charge in [-0.25, -0.2) is 0 Å². The van der Waals surface area contributed by atoms with Gasteiger partial charge in [0.2, 0.25) is 0 Å². The smallest absolute Gasteiger partial charge is 0.135 e. The van der Waals surface area contributed by atoms with E-state index in [4.69, 9.17) is 18.3 Å². The number of aromatic nitrogens is 1. The summed E-state index contributed by atoms with van der Waals surface area (Å²) < 4.78 is 24.5. The van der Waals surface area contributed by atoms with Crippen molar-refractivity contribution in [3.05, 3.63) is 102 Å². The molecule has 0 unspecified atom stereocenters. The third-order valence-corrected chi connectivity index (χ3v) is 9.57. The van der Waals surface area contributed by atoms with Gasteiger partial charge in [-0.05, 0) is 90.2 Å². The Hall–Kier alpha value is -4.27. The van der Waals surface area contributed by atoms with Crippen LogP contribution in [-0.2, 0) is 22.6 Å². The van der Waals surface area contributed by atoms with E-state index in [0.29, 0.717) is 6.10 Å². The van der Waals surface area contributed by atoms with Gasteiger partial charge in [0.15, 0.2) is 0 Å². The van der Waals surface area contributed by atoms with Crippen molar-refractivity contribution in [1.29, 1.82) is 0 Å². The molecule has 7 nitrogen and oxygen atoms in total. The Morgan fingerprint density at radius 1 is 0.674 bits per heavy atom. The van der Waals surface area contributed by atoms with E-state index in [1.165, 1.54) is 11.1 Å². The lowest BCUT2D eigenvalue weighted by atomic mass is 9.93. The van der Waals surface area contributed by atoms with Crippen molar-refractivity contribution in [3.8, 4) is 33.8 Å². The molecular formula is C39H39N3O4. The molecule has 2 fully saturated rings. The molecule has 2 aliphatic rings. The lowest BCUT2D eigenvalue weighted by Crippen LogP contribution is -2.50. The topological polar surface area (TPSA) is 64.1 Å². The highest BCUT2D eigenvalue weighted by Gasteiger charge is 2.27. The maximum atomic E-state index is 6.62. The third kappa shape index (κ3) is 5.76. The number of rotatable bonds is 9. The molecule has 2 aliphatic heterocycles. The van der Waals surface area contributed by atoms with Crippen molar-refractivity contribution in [2.75, 3.05) is 40.4 Å². The first kappa shape index (κ1) is 29.2. The van der Waals surface area contributed by atoms with Crippen molar-refractivity contribution in [2.24, 2.45) is 0 Å². The van der Waals surface area contributed by atoms with Crippen LogP contribution in [0.4, 0.5) is 0 Å². The van der Waals surface area contributed by atoms with E-state index in [9.17, 15) is 0 Å². The average Bonchev–Trinajstić information content (AvgIpc) is 3.71. The Labute approximate surface area is 269 Å². The van der Waals surface area contributed by atoms with Gasteiger partial charge < -0.3 is 18.3 Å². The molecule has 1 atom stereocenters. The minimum atomic E-state index is 0.276. The third-order valence-electron chi connectivity index (χ3n) is 9.57. The van der Waals surface area contributed by atoms with Crippen LogP contribution in [0.2, 0.25) is 0 Å². The fraction of sp³-hybridized carbons (Fsp3) is 0.308. The summed E-state index contributed by atoms with van der Waals surface area (Å²) in [4.78, 5) is 9.14. The average molecular weight is 614 g/mol. The van der Waals surface area contributed by atoms with Gasteiger partial charge in [-0.1, -0.05) is 30.3 Å². The van der Waals surface area contributed by atoms with E-state index in [2.05, 4.69) is 75.4 Å². The molecule has 46 heavy (non-hydrogen) atoms. The van der Waals surface area contributed by atoms with Gasteiger partial charge in [-0.15, -0.1) is 0 Å². The highest BCUT2D eigenvalue weighted by molar-refractivity contribution is 6.06. The molecule has 2 saturated heterocycles. The second-order valence-electron chi connectivity index (χ2n) is 12.7. The van der Waals surface area contributed by atoms with E-state index in [0.717, 1.165) is 108 Å². The zero-order chi connectivity index (χ0) is 31.0. The molecule has 0 aliphatic carbocycles. The number of ether oxygens (including phenoxy) is 2. The van der Waals surface area contributed by atoms with Crippen molar-refractivity contribution in [1.82, 2.24) is 14.8 Å². The lowest BCUT2D eigenvalue weighted by molar-refractivity contribution is -0.0333. The number of pyridine rings is 1. The summed E-state index contributed by atoms with van der Waals surface area (Å²) in [5, 5.41) is 2.19. The number of benzene rings is 3. The molecule has 0 N–H and O–H groups in total. The SMILES string of the molecule is COC1CN(Cc2cc(-c3cc(CN4CCC[C@H](OC)C4)cc4oc(-c5ccccc5)cc34)c3cc(-c4ccncc4)oc3c2)C1. The number of nitrogens with zero attached hydrogens (tertiary/aromatic N) is 3. The van der Waals surface area contributed by atoms with Gasteiger partial charge in [-0.3, -0.25) is 14.8 Å². The Morgan fingerprint density at radius 3 is 1.85 bits per heavy atom. The quantitative estimate of drug-likeness (QED) is 0.164. The van der Waals surface area contributed by atoms with Crippen LogP contribution in [0.1, 0.15) is 24.0 Å². The summed E-state index contributed by atoms with van der Waals surface area (Å²) in [6.07, 6.45) is 6.45. The lowest BCUT2D eigenvalue weighted by Gasteiger charge is -2.38. The summed E-state index contributed by atoms with van der Waals surface area (Å²) in [5.41, 5.74) is 8.62. The molecule has 5 heterocycles. The number of furan rings is 2. The van der Waals surface area contributed by atoms with Gasteiger partial charge in [-0.2, -0.15) is 0 Å². The highest BCUT2D eigenvalue weighted by atomic mass is 16.5. The second-order valence-corrected chi connectivity index (χ2v) is 12.7. The van der Waals surface area contributed by atoms with Crippen LogP contribution in [0.5, 0.6) is 0 Å². The van der Waals surface area contributed by atoms with Crippen molar-refractivity contribution >= 4 is 21.9 Å². The minimum absolute atomic E-state index is 0.276. The Morgan fingerprint density at radius 2 is 1.24 bits per heavy atom. The molecule has 3 aromatic heterocycles. The molecule has 3 aromatic carbocycles. The van der Waals surface area contributed by atoms with Gasteiger partial charge in [0.05, 0.1) is 12.2 Å². The van der Waals surface area contributed by atoms with Crippen LogP contribution in [0.3, 0.4) is 0 Å². The fourth-order valence-electron chi connectivity index (χ4n) is 7.09. The number of hydrogen-bond acceptors (Lipinski definition) is 7. The number of hydrogen-bond donors (Lipinski definition) is 0. The standard InChI is InChI=1S/C39H39N3O4/c1-43-30-9-6-14-41(23-30)21-26-15-32(34-19-36(45-38(34)17-26)28-7-4-3-5-8-28)33-16-27(22-42-24-31(25-42)44-2)18-39-35(33)20-37(46-39)29-10-12-40-13-11-29/h3-5,7-8,10-13,15-20,30-31H,6,9,14,21-25H2,1-2H3/t30-/m0/s1. The predicted molar refractivity (Wildman–Crippen MR) is 181 cm³/mol. The molecule has 6 aromatic rings. The first-order valence-corrected chi connectivity index (χ1v) is 16.2. The van der Waals surface area contributed by atoms with Gasteiger partial charge in [0, 0.05) is 81.2 Å². The molecule has 0 saturated carbocycles. The van der Waals surface area contributed by atoms with Crippen molar-refractivity contribution < 1.29 is 18.3 Å². The number of likely N-dealkylation sites (tertiary alicyclic amines) is 2. The molecular weight excluding hydrogens is 574 g/mol. The minimum Gasteiger partial charge on any atom is -0.456 e. The van der Waals surface area contributed by atoms with Crippen molar-refractivity contribution in [3.63, 3.8) is 0 Å². The Kier molecular flexibility index (Phi) is 7.92. The van der Waals surface area contributed by atoms with E-state index in [-0.39, 0.29) is 6.10 Å². The molecule has 0 spiro atoms. The fourth-order valence-corrected chi connectivity index (χ4v) is 7.09. The van der Waals surface area contributed by atoms with Crippen LogP contribution in [0, 0.1) is 0 Å². The van der Waals surface area contributed by atoms with Gasteiger partial charge in [0.25, 0.3) is 0 Å². The zero-order valence-corrected chi connectivity index (χ0v) is 26.4. The number of piperidine rings is 1. The van der Waals surface area contributed by atoms with E-state index < -0.39 is 0 Å². The maximum absolute atomic E-state index is 6.62. The summed E-state index contributed by atoms with van der Waals surface area (Å²) in [7, 11) is 3.62.